The Labute approximate surface area is 175 Å². The highest BCUT2D eigenvalue weighted by Crippen LogP contribution is 2.46. The predicted molar refractivity (Wildman–Crippen MR) is 114 cm³/mol. The molecule has 2 aromatic heterocycles. The number of aromatic amines is 1. The Morgan fingerprint density at radius 3 is 2.63 bits per heavy atom. The van der Waals surface area contributed by atoms with Crippen molar-refractivity contribution < 1.29 is 18.9 Å². The molecule has 0 saturated carbocycles. The first-order chi connectivity index (χ1) is 14.6. The van der Waals surface area contributed by atoms with E-state index in [4.69, 9.17) is 30.5 Å². The average Bonchev–Trinajstić information content (AvgIpc) is 3.24. The van der Waals surface area contributed by atoms with Crippen LogP contribution in [-0.4, -0.2) is 31.0 Å². The lowest BCUT2D eigenvalue weighted by Gasteiger charge is -2.15. The monoisotopic (exact) mass is 425 g/mol. The smallest absolute Gasteiger partial charge is 0.257 e. The molecule has 4 aromatic rings. The normalized spacial score (nSPS) is 12.4. The first kappa shape index (κ1) is 18.4. The van der Waals surface area contributed by atoms with Gasteiger partial charge in [-0.1, -0.05) is 11.6 Å². The fourth-order valence-electron chi connectivity index (χ4n) is 3.58. The van der Waals surface area contributed by atoms with Crippen LogP contribution in [0.1, 0.15) is 0 Å². The molecule has 1 aliphatic rings. The number of hydrogen-bond donors (Lipinski definition) is 2. The number of benzene rings is 2. The second-order valence-corrected chi connectivity index (χ2v) is 6.98. The Bertz CT molecular complexity index is 1370. The highest BCUT2D eigenvalue weighted by molar-refractivity contribution is 6.34. The second kappa shape index (κ2) is 7.00. The van der Waals surface area contributed by atoms with Crippen LogP contribution in [0, 0.1) is 0 Å². The minimum absolute atomic E-state index is 0.120. The summed E-state index contributed by atoms with van der Waals surface area (Å²) >= 11 is 6.43. The number of rotatable bonds is 4. The van der Waals surface area contributed by atoms with Gasteiger partial charge in [0.15, 0.2) is 23.0 Å². The van der Waals surface area contributed by atoms with Crippen LogP contribution in [-0.2, 0) is 0 Å². The van der Waals surface area contributed by atoms with Crippen molar-refractivity contribution in [1.82, 2.24) is 9.97 Å². The summed E-state index contributed by atoms with van der Waals surface area (Å²) in [5.41, 5.74) is 1.39. The van der Waals surface area contributed by atoms with Gasteiger partial charge >= 0.3 is 0 Å². The number of hydrogen-bond acceptors (Lipinski definition) is 7. The molecule has 9 heteroatoms. The molecule has 0 bridgehead atoms. The number of halogens is 1. The van der Waals surface area contributed by atoms with Crippen LogP contribution in [0.4, 0.5) is 11.4 Å². The molecule has 2 aromatic carbocycles. The molecule has 2 N–H and O–H groups in total. The van der Waals surface area contributed by atoms with E-state index in [1.54, 1.807) is 43.6 Å². The summed E-state index contributed by atoms with van der Waals surface area (Å²) in [6.07, 6.45) is 1.60. The number of nitrogens with zero attached hydrogens (tertiary/aromatic N) is 1. The van der Waals surface area contributed by atoms with Gasteiger partial charge < -0.3 is 29.2 Å². The van der Waals surface area contributed by atoms with Crippen LogP contribution in [0.5, 0.6) is 23.0 Å². The Morgan fingerprint density at radius 1 is 1.10 bits per heavy atom. The highest BCUT2D eigenvalue weighted by atomic mass is 35.5. The van der Waals surface area contributed by atoms with Crippen molar-refractivity contribution in [2.24, 2.45) is 0 Å². The summed E-state index contributed by atoms with van der Waals surface area (Å²) in [5.74, 6) is 2.09. The molecule has 0 amide bonds. The second-order valence-electron chi connectivity index (χ2n) is 6.57. The Kier molecular flexibility index (Phi) is 4.29. The van der Waals surface area contributed by atoms with Gasteiger partial charge in [0.1, 0.15) is 11.3 Å². The van der Waals surface area contributed by atoms with E-state index in [0.717, 1.165) is 0 Å². The summed E-state index contributed by atoms with van der Waals surface area (Å²) in [6, 6.07) is 8.68. The van der Waals surface area contributed by atoms with Crippen LogP contribution < -0.4 is 29.8 Å². The zero-order valence-corrected chi connectivity index (χ0v) is 16.8. The number of ether oxygens (including phenoxy) is 4. The van der Waals surface area contributed by atoms with Gasteiger partial charge in [-0.3, -0.25) is 4.79 Å². The number of aromatic nitrogens is 2. The van der Waals surface area contributed by atoms with Gasteiger partial charge in [0.2, 0.25) is 6.79 Å². The molecular weight excluding hydrogens is 410 g/mol. The number of anilines is 2. The third-order valence-corrected chi connectivity index (χ3v) is 5.28. The fraction of sp³-hybridized carbons (Fsp3) is 0.143. The number of nitrogens with one attached hydrogen (secondary N) is 2. The molecule has 0 saturated heterocycles. The van der Waals surface area contributed by atoms with Gasteiger partial charge in [-0.05, 0) is 30.3 Å². The molecule has 0 atom stereocenters. The first-order valence-corrected chi connectivity index (χ1v) is 9.40. The average molecular weight is 426 g/mol. The molecule has 0 spiro atoms. The Morgan fingerprint density at radius 2 is 1.87 bits per heavy atom. The lowest BCUT2D eigenvalue weighted by molar-refractivity contribution is 0.174. The summed E-state index contributed by atoms with van der Waals surface area (Å²) in [7, 11) is 3.06. The van der Waals surface area contributed by atoms with E-state index in [1.165, 1.54) is 7.11 Å². The molecule has 8 nitrogen and oxygen atoms in total. The van der Waals surface area contributed by atoms with Crippen molar-refractivity contribution in [1.29, 1.82) is 0 Å². The highest BCUT2D eigenvalue weighted by Gasteiger charge is 2.22. The van der Waals surface area contributed by atoms with E-state index in [2.05, 4.69) is 15.3 Å². The zero-order valence-electron chi connectivity index (χ0n) is 16.0. The maximum absolute atomic E-state index is 12.7. The molecule has 0 unspecified atom stereocenters. The van der Waals surface area contributed by atoms with Crippen molar-refractivity contribution in [3.63, 3.8) is 0 Å². The topological polar surface area (TPSA) is 94.7 Å². The Hall–Kier alpha value is -3.65. The molecule has 30 heavy (non-hydrogen) atoms. The molecule has 1 aliphatic heterocycles. The van der Waals surface area contributed by atoms with Crippen molar-refractivity contribution in [2.45, 2.75) is 0 Å². The molecule has 0 fully saturated rings. The first-order valence-electron chi connectivity index (χ1n) is 9.02. The van der Waals surface area contributed by atoms with Gasteiger partial charge in [0, 0.05) is 17.0 Å². The number of pyridine rings is 2. The quantitative estimate of drug-likeness (QED) is 0.473. The maximum atomic E-state index is 12.7. The van der Waals surface area contributed by atoms with E-state index >= 15 is 0 Å². The third-order valence-electron chi connectivity index (χ3n) is 4.97. The molecule has 0 radical (unpaired) electrons. The molecule has 0 aliphatic carbocycles. The standard InChI is InChI=1S/C21H16ClN3O5/c1-27-15-7-10-11(8-16(15)28-2)21(26)25-20-17(10)13(5-6-23-20)24-18-12(22)3-4-14-19(18)30-9-29-14/h3-8H,9H2,1-2H3,(H2,23,24,25,26). The summed E-state index contributed by atoms with van der Waals surface area (Å²) in [4.78, 5) is 19.8. The van der Waals surface area contributed by atoms with E-state index in [-0.39, 0.29) is 12.4 Å². The molecular formula is C21H16ClN3O5. The third kappa shape index (κ3) is 2.76. The minimum Gasteiger partial charge on any atom is -0.493 e. The van der Waals surface area contributed by atoms with E-state index in [9.17, 15) is 4.79 Å². The van der Waals surface area contributed by atoms with Crippen LogP contribution in [0.2, 0.25) is 5.02 Å². The minimum atomic E-state index is -0.279. The van der Waals surface area contributed by atoms with Gasteiger partial charge in [0.25, 0.3) is 5.56 Å². The molecule has 5 rings (SSSR count). The Balaban J connectivity index is 1.79. The number of H-pyrrole nitrogens is 1. The lowest BCUT2D eigenvalue weighted by atomic mass is 10.1. The van der Waals surface area contributed by atoms with Crippen LogP contribution in [0.3, 0.4) is 0 Å². The SMILES string of the molecule is COc1cc2c(=O)[nH]c3nccc(Nc4c(Cl)ccc5c4OCO5)c3c2cc1OC. The van der Waals surface area contributed by atoms with Gasteiger partial charge in [0.05, 0.1) is 30.3 Å². The van der Waals surface area contributed by atoms with E-state index in [0.29, 0.717) is 61.2 Å². The fourth-order valence-corrected chi connectivity index (χ4v) is 3.78. The van der Waals surface area contributed by atoms with E-state index in [1.807, 2.05) is 0 Å². The lowest BCUT2D eigenvalue weighted by Crippen LogP contribution is -2.09. The summed E-state index contributed by atoms with van der Waals surface area (Å²) in [6.45, 7) is 0.120. The predicted octanol–water partition coefficient (Wildman–Crippen LogP) is 4.22. The summed E-state index contributed by atoms with van der Waals surface area (Å²) < 4.78 is 21.8. The van der Waals surface area contributed by atoms with Gasteiger partial charge in [-0.2, -0.15) is 0 Å². The molecule has 152 valence electrons. The van der Waals surface area contributed by atoms with Crippen molar-refractivity contribution >= 4 is 44.8 Å². The van der Waals surface area contributed by atoms with Crippen LogP contribution in [0.25, 0.3) is 21.8 Å². The largest absolute Gasteiger partial charge is 0.493 e. The number of methoxy groups -OCH3 is 2. The van der Waals surface area contributed by atoms with E-state index < -0.39 is 0 Å². The number of fused-ring (bicyclic) bond motifs is 4. The van der Waals surface area contributed by atoms with Crippen LogP contribution >= 0.6 is 11.6 Å². The summed E-state index contributed by atoms with van der Waals surface area (Å²) in [5, 5.41) is 5.59. The van der Waals surface area contributed by atoms with Crippen molar-refractivity contribution in [3.8, 4) is 23.0 Å². The maximum Gasteiger partial charge on any atom is 0.257 e. The zero-order chi connectivity index (χ0) is 20.8. The van der Waals surface area contributed by atoms with Crippen molar-refractivity contribution in [3.05, 3.63) is 51.9 Å². The van der Waals surface area contributed by atoms with Crippen molar-refractivity contribution in [2.75, 3.05) is 26.3 Å². The van der Waals surface area contributed by atoms with Crippen LogP contribution in [0.15, 0.2) is 41.3 Å². The van der Waals surface area contributed by atoms with Gasteiger partial charge in [-0.25, -0.2) is 4.98 Å². The van der Waals surface area contributed by atoms with Gasteiger partial charge in [-0.15, -0.1) is 0 Å². The molecule has 3 heterocycles.